The van der Waals surface area contributed by atoms with Gasteiger partial charge in [-0.1, -0.05) is 6.92 Å². The predicted molar refractivity (Wildman–Crippen MR) is 59.4 cm³/mol. The second-order valence-electron chi connectivity index (χ2n) is 4.26. The topological polar surface area (TPSA) is 55.6 Å². The Balaban J connectivity index is 2.44. The first-order valence-electron chi connectivity index (χ1n) is 5.70. The molecule has 1 amide bonds. The summed E-state index contributed by atoms with van der Waals surface area (Å²) >= 11 is 0. The second-order valence-corrected chi connectivity index (χ2v) is 4.26. The van der Waals surface area contributed by atoms with E-state index in [0.717, 1.165) is 32.4 Å². The molecule has 1 rings (SSSR count). The van der Waals surface area contributed by atoms with Crippen LogP contribution >= 0.6 is 0 Å². The molecule has 0 radical (unpaired) electrons. The molecule has 0 aromatic rings. The van der Waals surface area contributed by atoms with Gasteiger partial charge in [0.05, 0.1) is 6.10 Å². The third-order valence-corrected chi connectivity index (χ3v) is 3.04. The van der Waals surface area contributed by atoms with Gasteiger partial charge >= 0.3 is 0 Å². The molecule has 1 aliphatic heterocycles. The van der Waals surface area contributed by atoms with Gasteiger partial charge in [-0.2, -0.15) is 0 Å². The average Bonchev–Trinajstić information content (AvgIpc) is 2.28. The van der Waals surface area contributed by atoms with E-state index in [4.69, 9.17) is 10.5 Å². The Kier molecular flexibility index (Phi) is 5.05. The smallest absolute Gasteiger partial charge is 0.225 e. The molecule has 1 saturated heterocycles. The number of carbonyl (C=O) groups is 1. The van der Waals surface area contributed by atoms with Crippen molar-refractivity contribution in [2.24, 2.45) is 11.7 Å². The van der Waals surface area contributed by atoms with E-state index >= 15 is 0 Å². The van der Waals surface area contributed by atoms with E-state index in [1.54, 1.807) is 7.11 Å². The molecule has 15 heavy (non-hydrogen) atoms. The molecule has 2 N–H and O–H groups in total. The van der Waals surface area contributed by atoms with Crippen molar-refractivity contribution in [3.63, 3.8) is 0 Å². The maximum absolute atomic E-state index is 12.0. The van der Waals surface area contributed by atoms with Crippen molar-refractivity contribution in [1.29, 1.82) is 0 Å². The van der Waals surface area contributed by atoms with Gasteiger partial charge in [0.1, 0.15) is 0 Å². The molecule has 0 bridgehead atoms. The monoisotopic (exact) mass is 214 g/mol. The molecule has 0 aliphatic carbocycles. The van der Waals surface area contributed by atoms with Gasteiger partial charge in [0.2, 0.25) is 5.91 Å². The lowest BCUT2D eigenvalue weighted by atomic mass is 10.0. The third kappa shape index (κ3) is 3.47. The molecule has 88 valence electrons. The Morgan fingerprint density at radius 2 is 2.40 bits per heavy atom. The van der Waals surface area contributed by atoms with Crippen molar-refractivity contribution in [2.45, 2.75) is 32.3 Å². The van der Waals surface area contributed by atoms with E-state index in [1.807, 2.05) is 11.8 Å². The number of nitrogens with two attached hydrogens (primary N) is 1. The number of nitrogens with zero attached hydrogens (tertiary/aromatic N) is 1. The largest absolute Gasteiger partial charge is 0.380 e. The molecule has 2 unspecified atom stereocenters. The normalized spacial score (nSPS) is 23.9. The van der Waals surface area contributed by atoms with Crippen molar-refractivity contribution >= 4 is 5.91 Å². The lowest BCUT2D eigenvalue weighted by Gasteiger charge is -2.33. The van der Waals surface area contributed by atoms with E-state index in [2.05, 4.69) is 0 Å². The van der Waals surface area contributed by atoms with Crippen LogP contribution in [0, 0.1) is 5.92 Å². The van der Waals surface area contributed by atoms with E-state index < -0.39 is 0 Å². The van der Waals surface area contributed by atoms with Gasteiger partial charge in [-0.05, 0) is 25.8 Å². The lowest BCUT2D eigenvalue weighted by molar-refractivity contribution is -0.138. The highest BCUT2D eigenvalue weighted by molar-refractivity contribution is 5.78. The number of piperidine rings is 1. The van der Waals surface area contributed by atoms with Crippen LogP contribution in [-0.4, -0.2) is 43.7 Å². The number of amides is 1. The van der Waals surface area contributed by atoms with Gasteiger partial charge < -0.3 is 15.4 Å². The Bertz CT molecular complexity index is 209. The molecule has 1 aliphatic rings. The molecule has 0 aromatic carbocycles. The second kappa shape index (κ2) is 6.08. The summed E-state index contributed by atoms with van der Waals surface area (Å²) in [6.45, 7) is 4.14. The van der Waals surface area contributed by atoms with Gasteiger partial charge in [-0.3, -0.25) is 4.79 Å². The van der Waals surface area contributed by atoms with Crippen molar-refractivity contribution < 1.29 is 9.53 Å². The molecule has 0 aromatic heterocycles. The van der Waals surface area contributed by atoms with Crippen LogP contribution in [0.15, 0.2) is 0 Å². The zero-order chi connectivity index (χ0) is 11.3. The van der Waals surface area contributed by atoms with Crippen molar-refractivity contribution in [1.82, 2.24) is 4.90 Å². The van der Waals surface area contributed by atoms with Crippen molar-refractivity contribution in [2.75, 3.05) is 26.7 Å². The molecule has 4 nitrogen and oxygen atoms in total. The maximum Gasteiger partial charge on any atom is 0.225 e. The fourth-order valence-corrected chi connectivity index (χ4v) is 2.02. The summed E-state index contributed by atoms with van der Waals surface area (Å²) in [5.74, 6) is 0.271. The van der Waals surface area contributed by atoms with Crippen LogP contribution < -0.4 is 5.73 Å². The number of hydrogen-bond acceptors (Lipinski definition) is 3. The molecule has 0 spiro atoms. The van der Waals surface area contributed by atoms with Gasteiger partial charge in [0, 0.05) is 26.1 Å². The van der Waals surface area contributed by atoms with E-state index in [9.17, 15) is 4.79 Å². The van der Waals surface area contributed by atoms with Gasteiger partial charge in [0.15, 0.2) is 0 Å². The summed E-state index contributed by atoms with van der Waals surface area (Å²) in [5, 5.41) is 0. The fraction of sp³-hybridized carbons (Fsp3) is 0.909. The quantitative estimate of drug-likeness (QED) is 0.746. The third-order valence-electron chi connectivity index (χ3n) is 3.04. The number of ether oxygens (including phenoxy) is 1. The zero-order valence-electron chi connectivity index (χ0n) is 9.74. The number of carbonyl (C=O) groups excluding carboxylic acids is 1. The van der Waals surface area contributed by atoms with Crippen LogP contribution in [0.1, 0.15) is 26.2 Å². The highest BCUT2D eigenvalue weighted by Crippen LogP contribution is 2.16. The summed E-state index contributed by atoms with van der Waals surface area (Å²) in [5.41, 5.74) is 5.45. The van der Waals surface area contributed by atoms with Crippen LogP contribution in [0.5, 0.6) is 0 Å². The molecule has 4 heteroatoms. The maximum atomic E-state index is 12.0. The fourth-order valence-electron chi connectivity index (χ4n) is 2.02. The minimum atomic E-state index is 0.0469. The zero-order valence-corrected chi connectivity index (χ0v) is 9.74. The van der Waals surface area contributed by atoms with Crippen molar-refractivity contribution in [3.05, 3.63) is 0 Å². The van der Waals surface area contributed by atoms with Gasteiger partial charge in [-0.15, -0.1) is 0 Å². The summed E-state index contributed by atoms with van der Waals surface area (Å²) in [7, 11) is 1.71. The minimum absolute atomic E-state index is 0.0469. The van der Waals surface area contributed by atoms with E-state index in [0.29, 0.717) is 6.54 Å². The van der Waals surface area contributed by atoms with Crippen LogP contribution in [0.3, 0.4) is 0 Å². The first kappa shape index (κ1) is 12.5. The molecule has 1 heterocycles. The highest BCUT2D eigenvalue weighted by atomic mass is 16.5. The molecular weight excluding hydrogens is 192 g/mol. The SMILES string of the molecule is COC1CCCN(C(=O)C(C)CCN)C1. The van der Waals surface area contributed by atoms with Crippen LogP contribution in [0.25, 0.3) is 0 Å². The summed E-state index contributed by atoms with van der Waals surface area (Å²) in [6.07, 6.45) is 3.09. The number of rotatable bonds is 4. The average molecular weight is 214 g/mol. The summed E-state index contributed by atoms with van der Waals surface area (Å²) in [6, 6.07) is 0. The number of methoxy groups -OCH3 is 1. The molecule has 0 saturated carbocycles. The Morgan fingerprint density at radius 3 is 3.00 bits per heavy atom. The Morgan fingerprint density at radius 1 is 1.67 bits per heavy atom. The number of likely N-dealkylation sites (tertiary alicyclic amines) is 1. The Hall–Kier alpha value is -0.610. The summed E-state index contributed by atoms with van der Waals surface area (Å²) in [4.78, 5) is 13.9. The molecule has 2 atom stereocenters. The van der Waals surface area contributed by atoms with Gasteiger partial charge in [-0.25, -0.2) is 0 Å². The van der Waals surface area contributed by atoms with E-state index in [-0.39, 0.29) is 17.9 Å². The predicted octanol–water partition coefficient (Wildman–Crippen LogP) is 0.609. The summed E-state index contributed by atoms with van der Waals surface area (Å²) < 4.78 is 5.29. The minimum Gasteiger partial charge on any atom is -0.380 e. The first-order valence-corrected chi connectivity index (χ1v) is 5.70. The van der Waals surface area contributed by atoms with Crippen molar-refractivity contribution in [3.8, 4) is 0 Å². The van der Waals surface area contributed by atoms with E-state index in [1.165, 1.54) is 0 Å². The molecular formula is C11H22N2O2. The number of hydrogen-bond donors (Lipinski definition) is 1. The lowest BCUT2D eigenvalue weighted by Crippen LogP contribution is -2.45. The van der Waals surface area contributed by atoms with Crippen LogP contribution in [0.2, 0.25) is 0 Å². The first-order chi connectivity index (χ1) is 7.19. The van der Waals surface area contributed by atoms with Gasteiger partial charge in [0.25, 0.3) is 0 Å². The Labute approximate surface area is 91.8 Å². The van der Waals surface area contributed by atoms with Crippen LogP contribution in [-0.2, 0) is 9.53 Å². The highest BCUT2D eigenvalue weighted by Gasteiger charge is 2.26. The standard InChI is InChI=1S/C11H22N2O2/c1-9(5-6-12)11(14)13-7-3-4-10(8-13)15-2/h9-10H,3-8,12H2,1-2H3. The van der Waals surface area contributed by atoms with Crippen LogP contribution in [0.4, 0.5) is 0 Å². The molecule has 1 fully saturated rings.